The zero-order valence-electron chi connectivity index (χ0n) is 18.1. The first kappa shape index (κ1) is 22.9. The largest absolute Gasteiger partial charge is 0.417 e. The van der Waals surface area contributed by atoms with E-state index in [1.165, 1.54) is 30.9 Å². The van der Waals surface area contributed by atoms with E-state index < -0.39 is 29.5 Å². The first-order chi connectivity index (χ1) is 15.9. The number of nitrogens with two attached hydrogens (primary N) is 1. The van der Waals surface area contributed by atoms with Gasteiger partial charge in [0.15, 0.2) is 0 Å². The summed E-state index contributed by atoms with van der Waals surface area (Å²) in [6.45, 7) is 1.48. The molecule has 0 saturated carbocycles. The van der Waals surface area contributed by atoms with Crippen LogP contribution in [-0.4, -0.2) is 37.6 Å². The zero-order chi connectivity index (χ0) is 24.9. The van der Waals surface area contributed by atoms with Crippen LogP contribution in [-0.2, 0) is 13.2 Å². The molecule has 0 bridgehead atoms. The van der Waals surface area contributed by atoms with Crippen LogP contribution < -0.4 is 5.73 Å². The lowest BCUT2D eigenvalue weighted by Crippen LogP contribution is -2.31. The number of halogens is 4. The molecule has 34 heavy (non-hydrogen) atoms. The normalized spacial score (nSPS) is 12.6. The number of fused-ring (bicyclic) bond motifs is 3. The molecular weight excluding hydrogens is 454 g/mol. The van der Waals surface area contributed by atoms with Gasteiger partial charge in [-0.25, -0.2) is 9.37 Å². The fraction of sp³-hybridized carbons (Fsp3) is 0.227. The van der Waals surface area contributed by atoms with Gasteiger partial charge in [-0.3, -0.25) is 14.5 Å². The van der Waals surface area contributed by atoms with Crippen molar-refractivity contribution >= 4 is 33.5 Å². The zero-order valence-corrected chi connectivity index (χ0v) is 18.1. The number of benzene rings is 1. The molecule has 0 aliphatic heterocycles. The van der Waals surface area contributed by atoms with Gasteiger partial charge < -0.3 is 10.6 Å². The molecule has 0 saturated heterocycles. The molecule has 2 N–H and O–H groups in total. The maximum absolute atomic E-state index is 14.9. The lowest BCUT2D eigenvalue weighted by Gasteiger charge is -2.26. The number of carbonyl (C=O) groups is 1. The minimum absolute atomic E-state index is 0.0454. The van der Waals surface area contributed by atoms with Crippen molar-refractivity contribution in [2.75, 3.05) is 12.8 Å². The number of aryl methyl sites for hydroxylation is 1. The number of nitriles is 1. The number of nitrogens with zero attached hydrogens (tertiary/aromatic N) is 6. The lowest BCUT2D eigenvalue weighted by atomic mass is 10.0. The number of pyridine rings is 2. The molecule has 0 fully saturated rings. The number of nitrogen functional groups attached to an aromatic ring is 1. The van der Waals surface area contributed by atoms with Crippen LogP contribution in [0, 0.1) is 17.1 Å². The van der Waals surface area contributed by atoms with E-state index in [0.717, 1.165) is 11.0 Å². The Kier molecular flexibility index (Phi) is 5.35. The monoisotopic (exact) mass is 471 g/mol. The molecule has 1 atom stereocenters. The molecule has 12 heteroatoms. The van der Waals surface area contributed by atoms with E-state index in [4.69, 9.17) is 5.73 Å². The van der Waals surface area contributed by atoms with Crippen molar-refractivity contribution < 1.29 is 22.4 Å². The van der Waals surface area contributed by atoms with Crippen molar-refractivity contribution in [3.8, 4) is 6.07 Å². The van der Waals surface area contributed by atoms with E-state index in [1.54, 1.807) is 13.1 Å². The van der Waals surface area contributed by atoms with Gasteiger partial charge in [0, 0.05) is 31.7 Å². The number of alkyl halides is 3. The Balaban J connectivity index is 1.77. The number of hydrogen-bond donors (Lipinski definition) is 1. The predicted molar refractivity (Wildman–Crippen MR) is 115 cm³/mol. The van der Waals surface area contributed by atoms with Gasteiger partial charge in [-0.05, 0) is 19.1 Å². The van der Waals surface area contributed by atoms with E-state index in [-0.39, 0.29) is 28.2 Å². The summed E-state index contributed by atoms with van der Waals surface area (Å²) in [5.41, 5.74) is 4.97. The van der Waals surface area contributed by atoms with Crippen LogP contribution in [0.25, 0.3) is 21.8 Å². The molecule has 174 valence electrons. The molecule has 8 nitrogen and oxygen atoms in total. The third-order valence-corrected chi connectivity index (χ3v) is 5.69. The van der Waals surface area contributed by atoms with E-state index in [2.05, 4.69) is 15.1 Å². The van der Waals surface area contributed by atoms with Crippen LogP contribution >= 0.6 is 0 Å². The number of aromatic nitrogens is 4. The third kappa shape index (κ3) is 3.64. The van der Waals surface area contributed by atoms with Crippen molar-refractivity contribution in [2.24, 2.45) is 7.05 Å². The van der Waals surface area contributed by atoms with Crippen LogP contribution in [0.1, 0.15) is 40.1 Å². The predicted octanol–water partition coefficient (Wildman–Crippen LogP) is 3.96. The summed E-state index contributed by atoms with van der Waals surface area (Å²) in [6, 6.07) is 3.84. The molecule has 0 aliphatic carbocycles. The van der Waals surface area contributed by atoms with Crippen molar-refractivity contribution in [1.29, 1.82) is 5.26 Å². The van der Waals surface area contributed by atoms with Crippen LogP contribution in [0.15, 0.2) is 30.6 Å². The molecule has 3 heterocycles. The standard InChI is InChI=1S/C22H17F4N7O/c1-10(18-11(7-27)4-12(8-29-18)22(24,25)26)32(2)21(34)13-5-14-17(6-16(13)23)31-20(28)15-9-30-33(3)19(14)15/h4-6,8-10H,1-3H3,(H2,28,31). The topological polar surface area (TPSA) is 114 Å². The summed E-state index contributed by atoms with van der Waals surface area (Å²) in [5, 5.41) is 14.5. The van der Waals surface area contributed by atoms with Gasteiger partial charge in [-0.2, -0.15) is 23.5 Å². The van der Waals surface area contributed by atoms with Crippen molar-refractivity contribution in [1.82, 2.24) is 24.6 Å². The second kappa shape index (κ2) is 7.95. The number of amides is 1. The summed E-state index contributed by atoms with van der Waals surface area (Å²) < 4.78 is 55.4. The SMILES string of the molecule is CC(c1ncc(C(F)(F)F)cc1C#N)N(C)C(=O)c1cc2c(cc1F)nc(N)c1cnn(C)c12. The van der Waals surface area contributed by atoms with Gasteiger partial charge >= 0.3 is 6.18 Å². The van der Waals surface area contributed by atoms with Crippen molar-refractivity contribution in [2.45, 2.75) is 19.1 Å². The highest BCUT2D eigenvalue weighted by molar-refractivity contribution is 6.10. The van der Waals surface area contributed by atoms with Crippen LogP contribution in [0.2, 0.25) is 0 Å². The average molecular weight is 471 g/mol. The van der Waals surface area contributed by atoms with Gasteiger partial charge in [-0.1, -0.05) is 0 Å². The molecule has 4 rings (SSSR count). The van der Waals surface area contributed by atoms with Crippen LogP contribution in [0.3, 0.4) is 0 Å². The molecule has 4 aromatic rings. The molecule has 3 aromatic heterocycles. The van der Waals surface area contributed by atoms with E-state index in [1.807, 2.05) is 0 Å². The maximum Gasteiger partial charge on any atom is 0.417 e. The summed E-state index contributed by atoms with van der Waals surface area (Å²) >= 11 is 0. The van der Waals surface area contributed by atoms with E-state index in [9.17, 15) is 27.6 Å². The fourth-order valence-corrected chi connectivity index (χ4v) is 3.75. The first-order valence-electron chi connectivity index (χ1n) is 9.88. The summed E-state index contributed by atoms with van der Waals surface area (Å²) in [7, 11) is 3.01. The van der Waals surface area contributed by atoms with Crippen LogP contribution in [0.5, 0.6) is 0 Å². The summed E-state index contributed by atoms with van der Waals surface area (Å²) in [4.78, 5) is 22.3. The van der Waals surface area contributed by atoms with E-state index >= 15 is 0 Å². The second-order valence-electron chi connectivity index (χ2n) is 7.74. The maximum atomic E-state index is 14.9. The highest BCUT2D eigenvalue weighted by atomic mass is 19.4. The Morgan fingerprint density at radius 3 is 2.59 bits per heavy atom. The highest BCUT2D eigenvalue weighted by Gasteiger charge is 2.33. The number of carbonyl (C=O) groups excluding carboxylic acids is 1. The quantitative estimate of drug-likeness (QED) is 0.453. The Morgan fingerprint density at radius 1 is 1.24 bits per heavy atom. The Hall–Kier alpha value is -4.27. The van der Waals surface area contributed by atoms with Crippen LogP contribution in [0.4, 0.5) is 23.4 Å². The lowest BCUT2D eigenvalue weighted by molar-refractivity contribution is -0.137. The summed E-state index contributed by atoms with van der Waals surface area (Å²) in [6.07, 6.45) is -2.57. The van der Waals surface area contributed by atoms with Crippen molar-refractivity contribution in [3.05, 3.63) is 58.8 Å². The Morgan fingerprint density at radius 2 is 1.94 bits per heavy atom. The Bertz CT molecular complexity index is 1500. The first-order valence-corrected chi connectivity index (χ1v) is 9.88. The number of anilines is 1. The smallest absolute Gasteiger partial charge is 0.383 e. The molecule has 1 unspecified atom stereocenters. The number of rotatable bonds is 3. The van der Waals surface area contributed by atoms with Gasteiger partial charge in [0.25, 0.3) is 5.91 Å². The Labute approximate surface area is 190 Å². The van der Waals surface area contributed by atoms with Gasteiger partial charge in [0.05, 0.1) is 51.0 Å². The molecule has 1 amide bonds. The summed E-state index contributed by atoms with van der Waals surface area (Å²) in [5.74, 6) is -1.45. The number of hydrogen-bond acceptors (Lipinski definition) is 6. The third-order valence-electron chi connectivity index (χ3n) is 5.69. The molecular formula is C22H17F4N7O. The molecule has 0 aliphatic rings. The van der Waals surface area contributed by atoms with Gasteiger partial charge in [-0.15, -0.1) is 0 Å². The minimum atomic E-state index is -4.68. The van der Waals surface area contributed by atoms with Gasteiger partial charge in [0.2, 0.25) is 0 Å². The van der Waals surface area contributed by atoms with E-state index in [0.29, 0.717) is 28.6 Å². The highest BCUT2D eigenvalue weighted by Crippen LogP contribution is 2.33. The minimum Gasteiger partial charge on any atom is -0.383 e. The second-order valence-corrected chi connectivity index (χ2v) is 7.74. The molecule has 1 aromatic carbocycles. The average Bonchev–Trinajstić information content (AvgIpc) is 3.18. The fourth-order valence-electron chi connectivity index (χ4n) is 3.75. The molecule has 0 spiro atoms. The molecule has 0 radical (unpaired) electrons. The van der Waals surface area contributed by atoms with Crippen molar-refractivity contribution in [3.63, 3.8) is 0 Å². The van der Waals surface area contributed by atoms with Gasteiger partial charge in [0.1, 0.15) is 17.7 Å².